The molecule has 1 aromatic heterocycles. The number of amides is 1. The number of fused-ring (bicyclic) bond motifs is 1. The van der Waals surface area contributed by atoms with Crippen LogP contribution in [0, 0.1) is 18.6 Å². The van der Waals surface area contributed by atoms with Crippen LogP contribution in [0.1, 0.15) is 27.2 Å². The number of halogens is 2. The standard InChI is InChI=1S/C19H15F2N3O2S/c1-11-5-2-3-8-16(11)24-18(12-9-27(26)10-15(12)23-24)22-19(25)17-13(20)6-4-7-14(17)21/h2-8H,9-10H2,1H3,(H,22,25)/t27-/m1/s1. The molecule has 1 amide bonds. The third kappa shape index (κ3) is 3.06. The second-order valence-electron chi connectivity index (χ2n) is 6.25. The first-order chi connectivity index (χ1) is 13.0. The van der Waals surface area contributed by atoms with Gasteiger partial charge in [-0.1, -0.05) is 24.3 Å². The maximum Gasteiger partial charge on any atom is 0.262 e. The monoisotopic (exact) mass is 387 g/mol. The highest BCUT2D eigenvalue weighted by Gasteiger charge is 2.29. The first-order valence-electron chi connectivity index (χ1n) is 8.23. The lowest BCUT2D eigenvalue weighted by molar-refractivity contribution is 0.101. The third-order valence-corrected chi connectivity index (χ3v) is 5.64. The molecule has 0 saturated heterocycles. The van der Waals surface area contributed by atoms with E-state index in [1.54, 1.807) is 0 Å². The maximum absolute atomic E-state index is 14.0. The van der Waals surface area contributed by atoms with Crippen molar-refractivity contribution in [2.24, 2.45) is 0 Å². The Bertz CT molecular complexity index is 1070. The van der Waals surface area contributed by atoms with Crippen LogP contribution in [-0.4, -0.2) is 19.9 Å². The van der Waals surface area contributed by atoms with Crippen LogP contribution in [0.4, 0.5) is 14.6 Å². The molecular formula is C19H15F2N3O2S. The van der Waals surface area contributed by atoms with Crippen LogP contribution in [-0.2, 0) is 22.3 Å². The van der Waals surface area contributed by atoms with E-state index in [9.17, 15) is 17.8 Å². The molecule has 27 heavy (non-hydrogen) atoms. The Morgan fingerprint density at radius 1 is 1.11 bits per heavy atom. The van der Waals surface area contributed by atoms with Gasteiger partial charge in [0.15, 0.2) is 0 Å². The van der Waals surface area contributed by atoms with Crippen LogP contribution in [0.3, 0.4) is 0 Å². The van der Waals surface area contributed by atoms with E-state index >= 15 is 0 Å². The highest BCUT2D eigenvalue weighted by molar-refractivity contribution is 7.83. The fraction of sp³-hybridized carbons (Fsp3) is 0.158. The van der Waals surface area contributed by atoms with Gasteiger partial charge in [0.2, 0.25) is 0 Å². The van der Waals surface area contributed by atoms with Gasteiger partial charge >= 0.3 is 0 Å². The van der Waals surface area contributed by atoms with E-state index in [0.717, 1.165) is 23.4 Å². The number of nitrogens with zero attached hydrogens (tertiary/aromatic N) is 2. The number of rotatable bonds is 3. The molecule has 0 saturated carbocycles. The molecule has 1 atom stereocenters. The number of carbonyl (C=O) groups is 1. The average Bonchev–Trinajstić information content (AvgIpc) is 3.12. The molecule has 3 aromatic rings. The number of hydrogen-bond donors (Lipinski definition) is 1. The maximum atomic E-state index is 14.0. The van der Waals surface area contributed by atoms with E-state index in [1.165, 1.54) is 10.7 Å². The van der Waals surface area contributed by atoms with Crippen LogP contribution < -0.4 is 5.32 Å². The van der Waals surface area contributed by atoms with Gasteiger partial charge in [-0.2, -0.15) is 5.10 Å². The Labute approximate surface area is 156 Å². The van der Waals surface area contributed by atoms with E-state index in [1.807, 2.05) is 31.2 Å². The minimum Gasteiger partial charge on any atom is -0.306 e. The molecule has 1 aliphatic rings. The molecule has 1 N–H and O–H groups in total. The van der Waals surface area contributed by atoms with E-state index < -0.39 is 33.9 Å². The van der Waals surface area contributed by atoms with Gasteiger partial charge in [0.05, 0.1) is 22.9 Å². The number of para-hydroxylation sites is 1. The molecule has 0 aliphatic carbocycles. The summed E-state index contributed by atoms with van der Waals surface area (Å²) < 4.78 is 41.4. The summed E-state index contributed by atoms with van der Waals surface area (Å²) in [5.74, 6) is -2.01. The van der Waals surface area contributed by atoms with Crippen molar-refractivity contribution in [2.45, 2.75) is 18.4 Å². The van der Waals surface area contributed by atoms with Gasteiger partial charge in [-0.25, -0.2) is 13.5 Å². The first kappa shape index (κ1) is 17.5. The fourth-order valence-corrected chi connectivity index (χ4v) is 4.38. The smallest absolute Gasteiger partial charge is 0.262 e. The molecule has 4 rings (SSSR count). The summed E-state index contributed by atoms with van der Waals surface area (Å²) >= 11 is 0. The van der Waals surface area contributed by atoms with Gasteiger partial charge in [0, 0.05) is 16.4 Å². The summed E-state index contributed by atoms with van der Waals surface area (Å²) in [5, 5.41) is 7.07. The van der Waals surface area contributed by atoms with Gasteiger partial charge in [-0.3, -0.25) is 9.00 Å². The topological polar surface area (TPSA) is 64.0 Å². The summed E-state index contributed by atoms with van der Waals surface area (Å²) in [6, 6.07) is 10.7. The number of aryl methyl sites for hydroxylation is 1. The van der Waals surface area contributed by atoms with E-state index in [4.69, 9.17) is 0 Å². The highest BCUT2D eigenvalue weighted by atomic mass is 32.2. The SMILES string of the molecule is Cc1ccccc1-n1nc2c(c1NC(=O)c1c(F)cccc1F)C[S@@](=O)C2. The number of anilines is 1. The van der Waals surface area contributed by atoms with Crippen molar-refractivity contribution in [2.75, 3.05) is 5.32 Å². The average molecular weight is 387 g/mol. The van der Waals surface area contributed by atoms with Crippen LogP contribution in [0.5, 0.6) is 0 Å². The molecule has 5 nitrogen and oxygen atoms in total. The van der Waals surface area contributed by atoms with Gasteiger partial charge in [0.1, 0.15) is 23.0 Å². The first-order valence-corrected chi connectivity index (χ1v) is 9.71. The Kier molecular flexibility index (Phi) is 4.35. The zero-order chi connectivity index (χ0) is 19.1. The van der Waals surface area contributed by atoms with Crippen LogP contribution >= 0.6 is 0 Å². The van der Waals surface area contributed by atoms with Gasteiger partial charge in [-0.15, -0.1) is 0 Å². The minimum absolute atomic E-state index is 0.233. The molecule has 2 aromatic carbocycles. The Morgan fingerprint density at radius 2 is 1.81 bits per heavy atom. The van der Waals surface area contributed by atoms with Crippen LogP contribution in [0.2, 0.25) is 0 Å². The van der Waals surface area contributed by atoms with E-state index in [-0.39, 0.29) is 17.3 Å². The summed E-state index contributed by atoms with van der Waals surface area (Å²) in [6.45, 7) is 1.89. The quantitative estimate of drug-likeness (QED) is 0.749. The number of aromatic nitrogens is 2. The van der Waals surface area contributed by atoms with Crippen molar-refractivity contribution in [3.8, 4) is 5.69 Å². The zero-order valence-electron chi connectivity index (χ0n) is 14.3. The fourth-order valence-electron chi connectivity index (χ4n) is 3.12. The summed E-state index contributed by atoms with van der Waals surface area (Å²) in [4.78, 5) is 12.6. The minimum atomic E-state index is -1.11. The van der Waals surface area contributed by atoms with Crippen molar-refractivity contribution in [3.63, 3.8) is 0 Å². The number of nitrogens with one attached hydrogen (secondary N) is 1. The Morgan fingerprint density at radius 3 is 2.52 bits per heavy atom. The van der Waals surface area contributed by atoms with Crippen molar-refractivity contribution in [3.05, 3.63) is 76.5 Å². The number of carbonyl (C=O) groups excluding carboxylic acids is 1. The van der Waals surface area contributed by atoms with Gasteiger partial charge in [0.25, 0.3) is 5.91 Å². The summed E-state index contributed by atoms with van der Waals surface area (Å²) in [7, 11) is -1.11. The lowest BCUT2D eigenvalue weighted by Crippen LogP contribution is -2.19. The lowest BCUT2D eigenvalue weighted by atomic mass is 10.1. The summed E-state index contributed by atoms with van der Waals surface area (Å²) in [6.07, 6.45) is 0. The molecule has 0 fully saturated rings. The Hall–Kier alpha value is -2.87. The summed E-state index contributed by atoms with van der Waals surface area (Å²) in [5.41, 5.74) is 2.21. The molecule has 1 aliphatic heterocycles. The number of hydrogen-bond acceptors (Lipinski definition) is 3. The highest BCUT2D eigenvalue weighted by Crippen LogP contribution is 2.32. The molecule has 0 radical (unpaired) electrons. The van der Waals surface area contributed by atoms with Gasteiger partial charge in [-0.05, 0) is 30.7 Å². The molecule has 138 valence electrons. The zero-order valence-corrected chi connectivity index (χ0v) is 15.1. The van der Waals surface area contributed by atoms with Crippen molar-refractivity contribution >= 4 is 22.5 Å². The normalized spacial score (nSPS) is 15.6. The van der Waals surface area contributed by atoms with Gasteiger partial charge < -0.3 is 5.32 Å². The second kappa shape index (κ2) is 6.70. The molecule has 0 spiro atoms. The third-order valence-electron chi connectivity index (χ3n) is 4.44. The van der Waals surface area contributed by atoms with E-state index in [0.29, 0.717) is 11.3 Å². The molecule has 0 bridgehead atoms. The molecule has 0 unspecified atom stereocenters. The second-order valence-corrected chi connectivity index (χ2v) is 7.71. The van der Waals surface area contributed by atoms with Crippen molar-refractivity contribution in [1.82, 2.24) is 9.78 Å². The van der Waals surface area contributed by atoms with Crippen molar-refractivity contribution in [1.29, 1.82) is 0 Å². The number of benzene rings is 2. The lowest BCUT2D eigenvalue weighted by Gasteiger charge is -2.13. The predicted molar refractivity (Wildman–Crippen MR) is 98.2 cm³/mol. The largest absolute Gasteiger partial charge is 0.306 e. The molecule has 8 heteroatoms. The van der Waals surface area contributed by atoms with Crippen LogP contribution in [0.15, 0.2) is 42.5 Å². The van der Waals surface area contributed by atoms with E-state index in [2.05, 4.69) is 10.4 Å². The van der Waals surface area contributed by atoms with Crippen LogP contribution in [0.25, 0.3) is 5.69 Å². The molecular weight excluding hydrogens is 372 g/mol. The molecule has 2 heterocycles. The predicted octanol–water partition coefficient (Wildman–Crippen LogP) is 3.47. The Balaban J connectivity index is 1.82. The van der Waals surface area contributed by atoms with Crippen molar-refractivity contribution < 1.29 is 17.8 Å².